The van der Waals surface area contributed by atoms with E-state index >= 15 is 0 Å². The Bertz CT molecular complexity index is 420. The minimum absolute atomic E-state index is 0.0675. The van der Waals surface area contributed by atoms with Crippen molar-refractivity contribution < 1.29 is 57.8 Å². The molecule has 0 unspecified atom stereocenters. The van der Waals surface area contributed by atoms with Gasteiger partial charge in [-0.15, -0.1) is 0 Å². The maximum absolute atomic E-state index is 13.3. The number of hydrogen-bond donors (Lipinski definition) is 0. The molecule has 0 aromatic rings. The van der Waals surface area contributed by atoms with Gasteiger partial charge in [0.15, 0.2) is 6.29 Å². The Morgan fingerprint density at radius 2 is 1.20 bits per heavy atom. The smallest absolute Gasteiger partial charge is 0.353 e. The summed E-state index contributed by atoms with van der Waals surface area (Å²) in [6, 6.07) is 0. The molecule has 0 bridgehead atoms. The highest BCUT2D eigenvalue weighted by Crippen LogP contribution is 2.57. The molecule has 0 saturated heterocycles. The van der Waals surface area contributed by atoms with Crippen LogP contribution in [0.25, 0.3) is 0 Å². The molecule has 0 saturated carbocycles. The summed E-state index contributed by atoms with van der Waals surface area (Å²) in [6.07, 6.45) is -7.77. The number of hydrogen-bond acceptors (Lipinski definition) is 2. The van der Waals surface area contributed by atoms with Crippen LogP contribution in [-0.4, -0.2) is 49.4 Å². The Morgan fingerprint density at radius 3 is 1.60 bits per heavy atom. The second-order valence-corrected chi connectivity index (χ2v) is 5.03. The molecule has 152 valence electrons. The highest BCUT2D eigenvalue weighted by molar-refractivity contribution is 5.06. The first kappa shape index (κ1) is 24.1. The van der Waals surface area contributed by atoms with Gasteiger partial charge in [0, 0.05) is 6.61 Å². The molecule has 0 aliphatic carbocycles. The molecule has 0 fully saturated rings. The largest absolute Gasteiger partial charge is 0.460 e. The molecule has 0 aromatic heterocycles. The quantitative estimate of drug-likeness (QED) is 0.283. The predicted molar refractivity (Wildman–Crippen MR) is 62.1 cm³/mol. The van der Waals surface area contributed by atoms with Gasteiger partial charge in [-0.05, 0) is 13.3 Å². The van der Waals surface area contributed by atoms with Gasteiger partial charge in [0.25, 0.3) is 0 Å². The zero-order valence-electron chi connectivity index (χ0n) is 12.9. The monoisotopic (exact) mass is 400 g/mol. The molecule has 0 heterocycles. The first-order chi connectivity index (χ1) is 11.0. The van der Waals surface area contributed by atoms with Gasteiger partial charge in [-0.3, -0.25) is 0 Å². The Balaban J connectivity index is 5.26. The van der Waals surface area contributed by atoms with Crippen molar-refractivity contribution in [3.8, 4) is 0 Å². The average molecular weight is 400 g/mol. The van der Waals surface area contributed by atoms with Crippen molar-refractivity contribution in [1.29, 1.82) is 0 Å². The minimum atomic E-state index is -7.42. The number of ether oxygens (including phenoxy) is 2. The van der Waals surface area contributed by atoms with Gasteiger partial charge < -0.3 is 9.47 Å². The van der Waals surface area contributed by atoms with Crippen molar-refractivity contribution in [1.82, 2.24) is 0 Å². The third kappa shape index (κ3) is 4.86. The molecule has 0 aliphatic heterocycles. The van der Waals surface area contributed by atoms with Gasteiger partial charge >= 0.3 is 29.9 Å². The lowest BCUT2D eigenvalue weighted by Gasteiger charge is -2.37. The fourth-order valence-electron chi connectivity index (χ4n) is 1.36. The van der Waals surface area contributed by atoms with E-state index in [1.165, 1.54) is 0 Å². The van der Waals surface area contributed by atoms with E-state index in [9.17, 15) is 48.3 Å². The molecule has 0 aromatic carbocycles. The molecule has 2 nitrogen and oxygen atoms in total. The molecule has 13 heteroatoms. The van der Waals surface area contributed by atoms with Gasteiger partial charge in [-0.1, -0.05) is 13.3 Å². The summed E-state index contributed by atoms with van der Waals surface area (Å²) < 4.78 is 148. The summed E-state index contributed by atoms with van der Waals surface area (Å²) >= 11 is 0. The lowest BCUT2D eigenvalue weighted by molar-refractivity contribution is -0.425. The standard InChI is InChI=1S/C12H15F11O2/c1-3-4-5-24-7(2)25-6-8(13,14)9(15,16)10(17,18)11(19,20)12(21,22)23/h7H,3-6H2,1-2H3/t7-/m0/s1. The molecular formula is C12H15F11O2. The second-order valence-electron chi connectivity index (χ2n) is 5.03. The van der Waals surface area contributed by atoms with Gasteiger partial charge in [0.05, 0.1) is 0 Å². The van der Waals surface area contributed by atoms with Crippen LogP contribution >= 0.6 is 0 Å². The Hall–Kier alpha value is -0.850. The molecule has 0 radical (unpaired) electrons. The van der Waals surface area contributed by atoms with Crippen molar-refractivity contribution in [2.45, 2.75) is 62.8 Å². The summed E-state index contributed by atoms with van der Waals surface area (Å²) in [6.45, 7) is 0.0115. The van der Waals surface area contributed by atoms with Crippen molar-refractivity contribution >= 4 is 0 Å². The van der Waals surface area contributed by atoms with E-state index in [4.69, 9.17) is 0 Å². The molecule has 0 spiro atoms. The Morgan fingerprint density at radius 1 is 0.720 bits per heavy atom. The fraction of sp³-hybridized carbons (Fsp3) is 1.00. The van der Waals surface area contributed by atoms with E-state index in [1.807, 2.05) is 0 Å². The zero-order chi connectivity index (χ0) is 20.3. The first-order valence-electron chi connectivity index (χ1n) is 6.77. The predicted octanol–water partition coefficient (Wildman–Crippen LogP) is 5.27. The van der Waals surface area contributed by atoms with Crippen molar-refractivity contribution in [3.63, 3.8) is 0 Å². The van der Waals surface area contributed by atoms with Crippen LogP contribution in [0, 0.1) is 0 Å². The van der Waals surface area contributed by atoms with Crippen molar-refractivity contribution in [3.05, 3.63) is 0 Å². The minimum Gasteiger partial charge on any atom is -0.353 e. The number of unbranched alkanes of at least 4 members (excludes halogenated alkanes) is 1. The van der Waals surface area contributed by atoms with Gasteiger partial charge in [-0.25, -0.2) is 0 Å². The van der Waals surface area contributed by atoms with Crippen LogP contribution in [0.2, 0.25) is 0 Å². The first-order valence-corrected chi connectivity index (χ1v) is 6.77. The molecular weight excluding hydrogens is 385 g/mol. The number of rotatable bonds is 10. The van der Waals surface area contributed by atoms with Gasteiger partial charge in [0.2, 0.25) is 0 Å². The SMILES string of the molecule is CCCCO[C@H](C)OCC(F)(F)C(F)(F)C(F)(F)C(F)(F)C(F)(F)F. The van der Waals surface area contributed by atoms with Crippen LogP contribution in [-0.2, 0) is 9.47 Å². The molecule has 25 heavy (non-hydrogen) atoms. The maximum atomic E-state index is 13.3. The molecule has 0 amide bonds. The summed E-state index contributed by atoms with van der Waals surface area (Å²) in [5, 5.41) is 0. The van der Waals surface area contributed by atoms with Crippen LogP contribution in [0.3, 0.4) is 0 Å². The zero-order valence-corrected chi connectivity index (χ0v) is 12.9. The van der Waals surface area contributed by atoms with Crippen LogP contribution in [0.1, 0.15) is 26.7 Å². The molecule has 0 N–H and O–H groups in total. The molecule has 1 atom stereocenters. The second kappa shape index (κ2) is 7.80. The van der Waals surface area contributed by atoms with Crippen molar-refractivity contribution in [2.75, 3.05) is 13.2 Å². The summed E-state index contributed by atoms with van der Waals surface area (Å²) in [5.41, 5.74) is 0. The molecule has 0 aliphatic rings. The Kier molecular flexibility index (Phi) is 7.54. The normalized spacial score (nSPS) is 16.2. The van der Waals surface area contributed by atoms with Crippen LogP contribution in [0.4, 0.5) is 48.3 Å². The summed E-state index contributed by atoms with van der Waals surface area (Å²) in [5.74, 6) is -27.9. The van der Waals surface area contributed by atoms with Crippen LogP contribution in [0.5, 0.6) is 0 Å². The lowest BCUT2D eigenvalue weighted by atomic mass is 9.98. The highest BCUT2D eigenvalue weighted by Gasteiger charge is 2.87. The lowest BCUT2D eigenvalue weighted by Crippen LogP contribution is -2.67. The average Bonchev–Trinajstić information content (AvgIpc) is 2.43. The van der Waals surface area contributed by atoms with Crippen LogP contribution < -0.4 is 0 Å². The van der Waals surface area contributed by atoms with Gasteiger partial charge in [0.1, 0.15) is 6.61 Å². The fourth-order valence-corrected chi connectivity index (χ4v) is 1.36. The van der Waals surface area contributed by atoms with E-state index in [0.29, 0.717) is 12.8 Å². The van der Waals surface area contributed by atoms with Gasteiger partial charge in [-0.2, -0.15) is 48.3 Å². The van der Waals surface area contributed by atoms with E-state index < -0.39 is 42.8 Å². The van der Waals surface area contributed by atoms with E-state index in [1.54, 1.807) is 6.92 Å². The number of alkyl halides is 11. The topological polar surface area (TPSA) is 18.5 Å². The van der Waals surface area contributed by atoms with E-state index in [-0.39, 0.29) is 6.61 Å². The summed E-state index contributed by atoms with van der Waals surface area (Å²) in [4.78, 5) is 0. The summed E-state index contributed by atoms with van der Waals surface area (Å²) in [7, 11) is 0. The van der Waals surface area contributed by atoms with E-state index in [2.05, 4.69) is 9.47 Å². The highest BCUT2D eigenvalue weighted by atomic mass is 19.4. The number of halogens is 11. The third-order valence-electron chi connectivity index (χ3n) is 2.95. The maximum Gasteiger partial charge on any atom is 0.460 e. The Labute approximate surface area is 135 Å². The molecule has 0 rings (SSSR count). The van der Waals surface area contributed by atoms with Crippen molar-refractivity contribution in [2.24, 2.45) is 0 Å². The third-order valence-corrected chi connectivity index (χ3v) is 2.95. The van der Waals surface area contributed by atoms with E-state index in [0.717, 1.165) is 6.92 Å². The van der Waals surface area contributed by atoms with Crippen LogP contribution in [0.15, 0.2) is 0 Å².